The van der Waals surface area contributed by atoms with Crippen molar-refractivity contribution in [1.29, 1.82) is 0 Å². The average molecular weight is 348 g/mol. The van der Waals surface area contributed by atoms with E-state index in [0.29, 0.717) is 11.0 Å². The van der Waals surface area contributed by atoms with Crippen LogP contribution in [0.2, 0.25) is 4.47 Å². The number of carbonyl (C=O) groups is 1. The van der Waals surface area contributed by atoms with Gasteiger partial charge >= 0.3 is 5.97 Å². The highest BCUT2D eigenvalue weighted by molar-refractivity contribution is 9.10. The van der Waals surface area contributed by atoms with E-state index in [1.165, 1.54) is 11.3 Å². The number of aromatic carboxylic acids is 1. The van der Waals surface area contributed by atoms with Gasteiger partial charge in [-0.05, 0) is 34.1 Å². The Kier molecular flexibility index (Phi) is 4.21. The van der Waals surface area contributed by atoms with Gasteiger partial charge in [0.25, 0.3) is 0 Å². The number of aromatic nitrogens is 1. The summed E-state index contributed by atoms with van der Waals surface area (Å²) in [7, 11) is 0. The maximum Gasteiger partial charge on any atom is 0.335 e. The second kappa shape index (κ2) is 5.69. The minimum Gasteiger partial charge on any atom is -0.478 e. The second-order valence-electron chi connectivity index (χ2n) is 3.43. The summed E-state index contributed by atoms with van der Waals surface area (Å²) < 4.78 is 1.30. The van der Waals surface area contributed by atoms with E-state index in [2.05, 4.69) is 26.2 Å². The summed E-state index contributed by atoms with van der Waals surface area (Å²) in [5, 5.41) is 12.1. The Balaban J connectivity index is 2.13. The Labute approximate surface area is 121 Å². The SMILES string of the molecule is O=C(O)c1ccc(Br)c(NCc2cnc(Cl)s2)c1. The van der Waals surface area contributed by atoms with Crippen LogP contribution in [0.5, 0.6) is 0 Å². The number of nitrogens with zero attached hydrogens (tertiary/aromatic N) is 1. The largest absolute Gasteiger partial charge is 0.478 e. The van der Waals surface area contributed by atoms with Gasteiger partial charge in [0.1, 0.15) is 0 Å². The smallest absolute Gasteiger partial charge is 0.335 e. The molecule has 0 aliphatic heterocycles. The maximum absolute atomic E-state index is 10.9. The van der Waals surface area contributed by atoms with Gasteiger partial charge in [-0.25, -0.2) is 9.78 Å². The van der Waals surface area contributed by atoms with Crippen molar-refractivity contribution in [2.45, 2.75) is 6.54 Å². The summed E-state index contributed by atoms with van der Waals surface area (Å²) in [6.45, 7) is 0.548. The molecule has 0 radical (unpaired) electrons. The van der Waals surface area contributed by atoms with Gasteiger partial charge in [-0.3, -0.25) is 0 Å². The van der Waals surface area contributed by atoms with Gasteiger partial charge in [-0.15, -0.1) is 11.3 Å². The number of hydrogen-bond acceptors (Lipinski definition) is 4. The van der Waals surface area contributed by atoms with Gasteiger partial charge in [0.05, 0.1) is 12.1 Å². The molecule has 1 heterocycles. The maximum atomic E-state index is 10.9. The predicted molar refractivity (Wildman–Crippen MR) is 75.6 cm³/mol. The van der Waals surface area contributed by atoms with Crippen LogP contribution in [0.25, 0.3) is 0 Å². The molecule has 1 aromatic heterocycles. The molecule has 94 valence electrons. The molecule has 0 atom stereocenters. The van der Waals surface area contributed by atoms with Crippen molar-refractivity contribution in [3.05, 3.63) is 43.8 Å². The number of carboxylic acid groups (broad SMARTS) is 1. The number of anilines is 1. The van der Waals surface area contributed by atoms with Crippen molar-refractivity contribution < 1.29 is 9.90 Å². The number of carboxylic acids is 1. The van der Waals surface area contributed by atoms with Gasteiger partial charge in [0.15, 0.2) is 4.47 Å². The van der Waals surface area contributed by atoms with E-state index in [-0.39, 0.29) is 5.56 Å². The molecule has 18 heavy (non-hydrogen) atoms. The fourth-order valence-corrected chi connectivity index (χ4v) is 2.65. The van der Waals surface area contributed by atoms with E-state index in [1.807, 2.05) is 0 Å². The minimum atomic E-state index is -0.952. The summed E-state index contributed by atoms with van der Waals surface area (Å²) in [6, 6.07) is 4.82. The summed E-state index contributed by atoms with van der Waals surface area (Å²) in [6.07, 6.45) is 1.69. The van der Waals surface area contributed by atoms with Crippen LogP contribution < -0.4 is 5.32 Å². The average Bonchev–Trinajstić information content (AvgIpc) is 2.74. The van der Waals surface area contributed by atoms with E-state index in [4.69, 9.17) is 16.7 Å². The van der Waals surface area contributed by atoms with Crippen LogP contribution in [0.15, 0.2) is 28.9 Å². The molecule has 2 rings (SSSR count). The van der Waals surface area contributed by atoms with Crippen molar-refractivity contribution >= 4 is 50.5 Å². The molecule has 0 fully saturated rings. The Morgan fingerprint density at radius 2 is 2.33 bits per heavy atom. The highest BCUT2D eigenvalue weighted by Crippen LogP contribution is 2.25. The molecule has 7 heteroatoms. The Morgan fingerprint density at radius 3 is 2.94 bits per heavy atom. The van der Waals surface area contributed by atoms with Gasteiger partial charge in [-0.1, -0.05) is 11.6 Å². The van der Waals surface area contributed by atoms with Crippen LogP contribution in [0.3, 0.4) is 0 Å². The quantitative estimate of drug-likeness (QED) is 0.881. The van der Waals surface area contributed by atoms with Gasteiger partial charge in [0.2, 0.25) is 0 Å². The van der Waals surface area contributed by atoms with Crippen LogP contribution in [0.4, 0.5) is 5.69 Å². The number of rotatable bonds is 4. The van der Waals surface area contributed by atoms with Crippen LogP contribution in [0.1, 0.15) is 15.2 Å². The molecule has 1 aromatic carbocycles. The van der Waals surface area contributed by atoms with E-state index in [9.17, 15) is 4.79 Å². The van der Waals surface area contributed by atoms with E-state index in [1.54, 1.807) is 24.4 Å². The molecule has 0 bridgehead atoms. The van der Waals surface area contributed by atoms with E-state index >= 15 is 0 Å². The van der Waals surface area contributed by atoms with Crippen molar-refractivity contribution in [3.63, 3.8) is 0 Å². The molecule has 0 saturated carbocycles. The normalized spacial score (nSPS) is 10.3. The molecule has 2 N–H and O–H groups in total. The molecule has 2 aromatic rings. The zero-order chi connectivity index (χ0) is 13.1. The highest BCUT2D eigenvalue weighted by atomic mass is 79.9. The van der Waals surface area contributed by atoms with Crippen LogP contribution in [-0.4, -0.2) is 16.1 Å². The third-order valence-electron chi connectivity index (χ3n) is 2.19. The van der Waals surface area contributed by atoms with Crippen LogP contribution in [0, 0.1) is 0 Å². The zero-order valence-electron chi connectivity index (χ0n) is 8.98. The molecule has 0 unspecified atom stereocenters. The lowest BCUT2D eigenvalue weighted by Crippen LogP contribution is -2.02. The molecule has 0 spiro atoms. The summed E-state index contributed by atoms with van der Waals surface area (Å²) in [4.78, 5) is 15.8. The predicted octanol–water partition coefficient (Wildman–Crippen LogP) is 3.87. The number of thiazole rings is 1. The lowest BCUT2D eigenvalue weighted by Gasteiger charge is -2.08. The summed E-state index contributed by atoms with van der Waals surface area (Å²) >= 11 is 10.5. The van der Waals surface area contributed by atoms with Crippen molar-refractivity contribution in [2.24, 2.45) is 0 Å². The standard InChI is InChI=1S/C11H8BrClN2O2S/c12-8-2-1-6(10(16)17)3-9(8)14-4-7-5-15-11(13)18-7/h1-3,5,14H,4H2,(H,16,17). The lowest BCUT2D eigenvalue weighted by atomic mass is 10.2. The molecule has 0 saturated heterocycles. The molecule has 0 aliphatic carbocycles. The van der Waals surface area contributed by atoms with Crippen LogP contribution >= 0.6 is 38.9 Å². The first-order valence-electron chi connectivity index (χ1n) is 4.93. The van der Waals surface area contributed by atoms with E-state index < -0.39 is 5.97 Å². The Bertz CT molecular complexity index is 588. The zero-order valence-corrected chi connectivity index (χ0v) is 12.1. The first-order chi connectivity index (χ1) is 8.56. The van der Waals surface area contributed by atoms with E-state index in [0.717, 1.165) is 15.0 Å². The third-order valence-corrected chi connectivity index (χ3v) is 4.00. The van der Waals surface area contributed by atoms with Gasteiger partial charge in [0, 0.05) is 21.2 Å². The molecular formula is C11H8BrClN2O2S. The van der Waals surface area contributed by atoms with Crippen molar-refractivity contribution in [2.75, 3.05) is 5.32 Å². The fourth-order valence-electron chi connectivity index (χ4n) is 1.34. The number of benzene rings is 1. The lowest BCUT2D eigenvalue weighted by molar-refractivity contribution is 0.0697. The molecule has 4 nitrogen and oxygen atoms in total. The van der Waals surface area contributed by atoms with Gasteiger partial charge in [-0.2, -0.15) is 0 Å². The third kappa shape index (κ3) is 3.22. The van der Waals surface area contributed by atoms with Gasteiger partial charge < -0.3 is 10.4 Å². The second-order valence-corrected chi connectivity index (χ2v) is 5.98. The summed E-state index contributed by atoms with van der Waals surface area (Å²) in [5.41, 5.74) is 0.961. The number of nitrogens with one attached hydrogen (secondary N) is 1. The summed E-state index contributed by atoms with van der Waals surface area (Å²) in [5.74, 6) is -0.952. The van der Waals surface area contributed by atoms with Crippen LogP contribution in [-0.2, 0) is 6.54 Å². The molecule has 0 amide bonds. The first-order valence-corrected chi connectivity index (χ1v) is 6.92. The first kappa shape index (κ1) is 13.3. The number of hydrogen-bond donors (Lipinski definition) is 2. The molecular weight excluding hydrogens is 340 g/mol. The fraction of sp³-hybridized carbons (Fsp3) is 0.0909. The Morgan fingerprint density at radius 1 is 1.56 bits per heavy atom. The Hall–Kier alpha value is -1.11. The number of halogens is 2. The highest BCUT2D eigenvalue weighted by Gasteiger charge is 2.07. The minimum absolute atomic E-state index is 0.239. The van der Waals surface area contributed by atoms with Crippen molar-refractivity contribution in [3.8, 4) is 0 Å². The molecule has 0 aliphatic rings. The monoisotopic (exact) mass is 346 g/mol. The topological polar surface area (TPSA) is 62.2 Å². The van der Waals surface area contributed by atoms with Crippen molar-refractivity contribution in [1.82, 2.24) is 4.98 Å².